The Morgan fingerprint density at radius 1 is 1.00 bits per heavy atom. The Balaban J connectivity index is 2.21. The monoisotopic (exact) mass is 380 g/mol. The van der Waals surface area contributed by atoms with Gasteiger partial charge >= 0.3 is 12.1 Å². The molecule has 0 spiro atoms. The number of ketones is 2. The van der Waals surface area contributed by atoms with Gasteiger partial charge in [0, 0.05) is 21.7 Å². The molecule has 0 amide bonds. The molecule has 0 saturated carbocycles. The lowest BCUT2D eigenvalue weighted by Gasteiger charge is -2.17. The molecule has 0 aromatic heterocycles. The Morgan fingerprint density at radius 2 is 1.69 bits per heavy atom. The molecule has 1 N–H and O–H groups in total. The molecule has 26 heavy (non-hydrogen) atoms. The van der Waals surface area contributed by atoms with Crippen molar-refractivity contribution >= 4 is 34.7 Å². The van der Waals surface area contributed by atoms with Crippen molar-refractivity contribution < 1.29 is 32.7 Å². The number of rotatable bonds is 2. The summed E-state index contributed by atoms with van der Waals surface area (Å²) in [4.78, 5) is 36.0. The summed E-state index contributed by atoms with van der Waals surface area (Å²) in [5.74, 6) is -2.88. The van der Waals surface area contributed by atoms with Crippen molar-refractivity contribution in [2.24, 2.45) is 0 Å². The fraction of sp³-hybridized carbons (Fsp3) is 0.0556. The number of carboxylic acids is 1. The number of alkyl halides is 3. The van der Waals surface area contributed by atoms with Crippen molar-refractivity contribution in [3.05, 3.63) is 75.3 Å². The Kier molecular flexibility index (Phi) is 4.20. The van der Waals surface area contributed by atoms with Crippen LogP contribution in [0.5, 0.6) is 0 Å². The number of halogens is 4. The zero-order valence-corrected chi connectivity index (χ0v) is 13.5. The summed E-state index contributed by atoms with van der Waals surface area (Å²) in [5, 5.41) is 9.24. The van der Waals surface area contributed by atoms with Crippen LogP contribution in [0.15, 0.2) is 42.5 Å². The number of hydrogen-bond donors (Lipinski definition) is 1. The summed E-state index contributed by atoms with van der Waals surface area (Å²) in [6.07, 6.45) is -3.91. The lowest BCUT2D eigenvalue weighted by atomic mass is 9.85. The molecule has 4 nitrogen and oxygen atoms in total. The zero-order valence-electron chi connectivity index (χ0n) is 12.7. The van der Waals surface area contributed by atoms with Crippen molar-refractivity contribution in [1.82, 2.24) is 0 Å². The molecule has 1 aliphatic rings. The van der Waals surface area contributed by atoms with Gasteiger partial charge in [-0.3, -0.25) is 9.59 Å². The van der Waals surface area contributed by atoms with Crippen molar-refractivity contribution in [2.75, 3.05) is 0 Å². The Bertz CT molecular complexity index is 1010. The SMILES string of the molecule is O=C(O)c1cc(C2=CC(=O)c3ccc(Cl)cc3C2=O)cc(C(F)(F)F)c1. The first-order valence-corrected chi connectivity index (χ1v) is 7.52. The van der Waals surface area contributed by atoms with Gasteiger partial charge in [-0.1, -0.05) is 11.6 Å². The second-order valence-electron chi connectivity index (χ2n) is 5.54. The Hall–Kier alpha value is -2.93. The van der Waals surface area contributed by atoms with Gasteiger partial charge < -0.3 is 5.11 Å². The molecule has 0 heterocycles. The van der Waals surface area contributed by atoms with E-state index in [1.165, 1.54) is 18.2 Å². The fourth-order valence-electron chi connectivity index (χ4n) is 2.62. The van der Waals surface area contributed by atoms with E-state index in [1.807, 2.05) is 0 Å². The number of carbonyl (C=O) groups is 3. The summed E-state index contributed by atoms with van der Waals surface area (Å²) in [7, 11) is 0. The summed E-state index contributed by atoms with van der Waals surface area (Å²) < 4.78 is 39.2. The van der Waals surface area contributed by atoms with E-state index < -0.39 is 34.8 Å². The number of allylic oxidation sites excluding steroid dienone is 2. The van der Waals surface area contributed by atoms with Crippen LogP contribution in [-0.2, 0) is 6.18 Å². The van der Waals surface area contributed by atoms with Gasteiger partial charge in [-0.05, 0) is 48.0 Å². The number of fused-ring (bicyclic) bond motifs is 1. The van der Waals surface area contributed by atoms with E-state index in [1.54, 1.807) is 0 Å². The first-order valence-electron chi connectivity index (χ1n) is 7.14. The molecule has 0 unspecified atom stereocenters. The highest BCUT2D eigenvalue weighted by Crippen LogP contribution is 2.35. The van der Waals surface area contributed by atoms with Gasteiger partial charge in [0.2, 0.25) is 0 Å². The number of hydrogen-bond acceptors (Lipinski definition) is 3. The van der Waals surface area contributed by atoms with E-state index in [9.17, 15) is 27.6 Å². The summed E-state index contributed by atoms with van der Waals surface area (Å²) >= 11 is 5.83. The first kappa shape index (κ1) is 17.9. The minimum Gasteiger partial charge on any atom is -0.478 e. The topological polar surface area (TPSA) is 71.4 Å². The predicted molar refractivity (Wildman–Crippen MR) is 86.5 cm³/mol. The molecule has 0 bridgehead atoms. The molecular formula is C18H8ClF3O4. The number of benzene rings is 2. The van der Waals surface area contributed by atoms with Gasteiger partial charge in [0.15, 0.2) is 11.6 Å². The summed E-state index contributed by atoms with van der Waals surface area (Å²) in [6.45, 7) is 0. The maximum Gasteiger partial charge on any atom is 0.416 e. The predicted octanol–water partition coefficient (Wildman–Crippen LogP) is 4.52. The number of carbonyl (C=O) groups excluding carboxylic acids is 2. The van der Waals surface area contributed by atoms with Crippen molar-refractivity contribution in [1.29, 1.82) is 0 Å². The highest BCUT2D eigenvalue weighted by molar-refractivity contribution is 6.40. The molecule has 2 aromatic rings. The van der Waals surface area contributed by atoms with Crippen LogP contribution in [0.25, 0.3) is 5.57 Å². The maximum atomic E-state index is 13.1. The molecule has 3 rings (SSSR count). The zero-order chi connectivity index (χ0) is 19.2. The third-order valence-corrected chi connectivity index (χ3v) is 4.07. The first-order chi connectivity index (χ1) is 12.1. The highest BCUT2D eigenvalue weighted by Gasteiger charge is 2.34. The highest BCUT2D eigenvalue weighted by atomic mass is 35.5. The van der Waals surface area contributed by atoms with Crippen LogP contribution >= 0.6 is 11.6 Å². The smallest absolute Gasteiger partial charge is 0.416 e. The normalized spacial score (nSPS) is 14.1. The van der Waals surface area contributed by atoms with Gasteiger partial charge in [0.1, 0.15) is 0 Å². The van der Waals surface area contributed by atoms with Gasteiger partial charge in [-0.2, -0.15) is 13.2 Å². The van der Waals surface area contributed by atoms with Crippen molar-refractivity contribution in [3.8, 4) is 0 Å². The van der Waals surface area contributed by atoms with Crippen LogP contribution in [0.2, 0.25) is 5.02 Å². The minimum atomic E-state index is -4.82. The number of Topliss-reactive ketones (excluding diaryl/α,β-unsaturated/α-hetero) is 1. The quantitative estimate of drug-likeness (QED) is 0.831. The van der Waals surface area contributed by atoms with Crippen LogP contribution in [0.4, 0.5) is 13.2 Å². The molecule has 0 radical (unpaired) electrons. The Morgan fingerprint density at radius 3 is 2.31 bits per heavy atom. The van der Waals surface area contributed by atoms with E-state index in [0.717, 1.165) is 12.1 Å². The van der Waals surface area contributed by atoms with Gasteiger partial charge in [-0.15, -0.1) is 0 Å². The fourth-order valence-corrected chi connectivity index (χ4v) is 2.80. The van der Waals surface area contributed by atoms with E-state index >= 15 is 0 Å². The molecular weight excluding hydrogens is 373 g/mol. The molecule has 8 heteroatoms. The lowest BCUT2D eigenvalue weighted by molar-refractivity contribution is -0.137. The van der Waals surface area contributed by atoms with E-state index in [0.29, 0.717) is 12.1 Å². The molecule has 1 aliphatic carbocycles. The minimum absolute atomic E-state index is 0.0470. The van der Waals surface area contributed by atoms with Crippen LogP contribution in [-0.4, -0.2) is 22.6 Å². The largest absolute Gasteiger partial charge is 0.478 e. The second kappa shape index (κ2) is 6.10. The maximum absolute atomic E-state index is 13.1. The molecule has 132 valence electrons. The van der Waals surface area contributed by atoms with Gasteiger partial charge in [0.05, 0.1) is 11.1 Å². The van der Waals surface area contributed by atoms with Gasteiger partial charge in [-0.25, -0.2) is 4.79 Å². The molecule has 2 aromatic carbocycles. The van der Waals surface area contributed by atoms with Crippen LogP contribution in [0.1, 0.15) is 42.2 Å². The number of carboxylic acid groups (broad SMARTS) is 1. The molecule has 0 aliphatic heterocycles. The number of aromatic carboxylic acids is 1. The lowest BCUT2D eigenvalue weighted by Crippen LogP contribution is -2.17. The molecule has 0 atom stereocenters. The third-order valence-electron chi connectivity index (χ3n) is 3.83. The van der Waals surface area contributed by atoms with E-state index in [4.69, 9.17) is 16.7 Å². The second-order valence-corrected chi connectivity index (χ2v) is 5.98. The van der Waals surface area contributed by atoms with Crippen molar-refractivity contribution in [3.63, 3.8) is 0 Å². The Labute approximate surface area is 149 Å². The summed E-state index contributed by atoms with van der Waals surface area (Å²) in [6, 6.07) is 6.03. The summed E-state index contributed by atoms with van der Waals surface area (Å²) in [5.41, 5.74) is -2.47. The van der Waals surface area contributed by atoms with Crippen LogP contribution < -0.4 is 0 Å². The van der Waals surface area contributed by atoms with Crippen LogP contribution in [0, 0.1) is 0 Å². The average Bonchev–Trinajstić information content (AvgIpc) is 2.56. The van der Waals surface area contributed by atoms with E-state index in [2.05, 4.69) is 0 Å². The van der Waals surface area contributed by atoms with Crippen molar-refractivity contribution in [2.45, 2.75) is 6.18 Å². The molecule has 0 saturated heterocycles. The van der Waals surface area contributed by atoms with Crippen LogP contribution in [0.3, 0.4) is 0 Å². The van der Waals surface area contributed by atoms with E-state index in [-0.39, 0.29) is 27.3 Å². The van der Waals surface area contributed by atoms with Gasteiger partial charge in [0.25, 0.3) is 0 Å². The molecule has 0 fully saturated rings. The standard InChI is InChI=1S/C18H8ClF3O4/c19-11-1-2-12-14(6-11)16(24)13(7-15(12)23)8-3-9(17(25)26)5-10(4-8)18(20,21)22/h1-7H,(H,25,26). The third kappa shape index (κ3) is 3.13. The average molecular weight is 381 g/mol.